The molecule has 2 saturated heterocycles. The van der Waals surface area contributed by atoms with Crippen molar-refractivity contribution in [1.29, 1.82) is 0 Å². The normalized spacial score (nSPS) is 25.1. The van der Waals surface area contributed by atoms with Crippen LogP contribution in [-0.2, 0) is 28.0 Å². The van der Waals surface area contributed by atoms with E-state index in [-0.39, 0.29) is 24.8 Å². The molecule has 1 aliphatic carbocycles. The number of aliphatic hydroxyl groups is 1. The molecule has 4 heterocycles. The Morgan fingerprint density at radius 3 is 2.66 bits per heavy atom. The molecule has 2 aliphatic heterocycles. The van der Waals surface area contributed by atoms with Crippen LogP contribution < -0.4 is 5.32 Å². The van der Waals surface area contributed by atoms with Crippen LogP contribution in [0.15, 0.2) is 18.6 Å². The molecule has 38 heavy (non-hydrogen) atoms. The number of piperidine rings is 1. The van der Waals surface area contributed by atoms with Gasteiger partial charge in [0, 0.05) is 51.1 Å². The van der Waals surface area contributed by atoms with E-state index in [1.54, 1.807) is 15.8 Å². The fraction of sp³-hybridized carbons (Fsp3) is 0.692. The van der Waals surface area contributed by atoms with Crippen molar-refractivity contribution in [2.24, 2.45) is 12.5 Å². The van der Waals surface area contributed by atoms with E-state index < -0.39 is 35.6 Å². The highest BCUT2D eigenvalue weighted by Gasteiger charge is 2.46. The molecule has 1 saturated carbocycles. The number of imidazole rings is 1. The van der Waals surface area contributed by atoms with E-state index in [1.165, 1.54) is 4.90 Å². The Kier molecular flexibility index (Phi) is 7.01. The van der Waals surface area contributed by atoms with Crippen LogP contribution in [0.5, 0.6) is 0 Å². The Hall–Kier alpha value is -3.28. The first-order valence-electron chi connectivity index (χ1n) is 13.5. The Balaban J connectivity index is 1.30. The topological polar surface area (TPSA) is 138 Å². The first-order valence-corrected chi connectivity index (χ1v) is 13.5. The minimum atomic E-state index is -0.869. The lowest BCUT2D eigenvalue weighted by Crippen LogP contribution is -2.56. The summed E-state index contributed by atoms with van der Waals surface area (Å²) in [5.74, 6) is 0.306. The maximum atomic E-state index is 13.9. The minimum absolute atomic E-state index is 0.0532. The molecular formula is C26H38N8O4. The second-order valence-electron chi connectivity index (χ2n) is 12.0. The molecule has 2 aromatic rings. The van der Waals surface area contributed by atoms with E-state index >= 15 is 0 Å². The van der Waals surface area contributed by atoms with Gasteiger partial charge >= 0.3 is 0 Å². The highest BCUT2D eigenvalue weighted by atomic mass is 16.3. The van der Waals surface area contributed by atoms with Gasteiger partial charge in [-0.15, -0.1) is 5.10 Å². The van der Waals surface area contributed by atoms with E-state index in [2.05, 4.69) is 20.6 Å². The zero-order valence-corrected chi connectivity index (χ0v) is 22.6. The summed E-state index contributed by atoms with van der Waals surface area (Å²) in [5.41, 5.74) is 0.374. The van der Waals surface area contributed by atoms with Gasteiger partial charge in [0.2, 0.25) is 17.7 Å². The van der Waals surface area contributed by atoms with Crippen molar-refractivity contribution >= 4 is 17.7 Å². The van der Waals surface area contributed by atoms with Gasteiger partial charge in [-0.25, -0.2) is 9.67 Å². The molecule has 4 atom stereocenters. The molecule has 12 nitrogen and oxygen atoms in total. The Morgan fingerprint density at radius 2 is 2.00 bits per heavy atom. The van der Waals surface area contributed by atoms with Gasteiger partial charge in [0.25, 0.3) is 0 Å². The van der Waals surface area contributed by atoms with Crippen molar-refractivity contribution in [2.75, 3.05) is 13.1 Å². The number of hydrogen-bond acceptors (Lipinski definition) is 7. The number of aliphatic hydroxyl groups excluding tert-OH is 1. The molecule has 2 aromatic heterocycles. The average Bonchev–Trinajstić information content (AvgIpc) is 3.24. The van der Waals surface area contributed by atoms with Gasteiger partial charge in [-0.05, 0) is 31.1 Å². The SMILES string of the molecule is Cn1ccnc1CN1CCCC(NC(=O)[C@@H]2C[C@@H](O)CN2C(=O)[C@@H](n2cc(C3CC3)nn2)C(C)(C)C)C1=O. The monoisotopic (exact) mass is 526 g/mol. The zero-order valence-electron chi connectivity index (χ0n) is 22.6. The molecule has 3 aliphatic rings. The summed E-state index contributed by atoms with van der Waals surface area (Å²) in [6.45, 7) is 6.87. The number of amides is 3. The van der Waals surface area contributed by atoms with Crippen molar-refractivity contribution in [3.05, 3.63) is 30.1 Å². The zero-order chi connectivity index (χ0) is 27.2. The number of aromatic nitrogens is 5. The minimum Gasteiger partial charge on any atom is -0.391 e. The number of nitrogens with zero attached hydrogens (tertiary/aromatic N) is 7. The highest BCUT2D eigenvalue weighted by Crippen LogP contribution is 2.40. The maximum absolute atomic E-state index is 13.9. The van der Waals surface area contributed by atoms with Gasteiger partial charge in [-0.1, -0.05) is 26.0 Å². The third-order valence-corrected chi connectivity index (χ3v) is 7.81. The Bertz CT molecular complexity index is 1200. The predicted molar refractivity (Wildman–Crippen MR) is 136 cm³/mol. The van der Waals surface area contributed by atoms with E-state index in [4.69, 9.17) is 0 Å². The fourth-order valence-corrected chi connectivity index (χ4v) is 5.54. The molecular weight excluding hydrogens is 488 g/mol. The van der Waals surface area contributed by atoms with Crippen LogP contribution in [0.3, 0.4) is 0 Å². The molecule has 0 spiro atoms. The summed E-state index contributed by atoms with van der Waals surface area (Å²) in [5, 5.41) is 21.9. The van der Waals surface area contributed by atoms with Gasteiger partial charge < -0.3 is 24.8 Å². The van der Waals surface area contributed by atoms with E-state index in [0.29, 0.717) is 25.4 Å². The number of carbonyl (C=O) groups excluding carboxylic acids is 3. The maximum Gasteiger partial charge on any atom is 0.248 e. The summed E-state index contributed by atoms with van der Waals surface area (Å²) in [4.78, 5) is 48.1. The second-order valence-corrected chi connectivity index (χ2v) is 12.0. The summed E-state index contributed by atoms with van der Waals surface area (Å²) in [6.07, 6.45) is 8.08. The van der Waals surface area contributed by atoms with Crippen LogP contribution in [0.2, 0.25) is 0 Å². The van der Waals surface area contributed by atoms with Gasteiger partial charge in [-0.3, -0.25) is 14.4 Å². The number of aryl methyl sites for hydroxylation is 1. The summed E-state index contributed by atoms with van der Waals surface area (Å²) >= 11 is 0. The third-order valence-electron chi connectivity index (χ3n) is 7.81. The standard InChI is InChI=1S/C26H38N8O4/c1-26(2,3)22(34-14-19(29-30-34)16-7-8-16)25(38)33-13-17(35)12-20(33)23(36)28-18-6-5-10-32(24(18)37)15-21-27-9-11-31(21)4/h9,11,14,16-18,20,22,35H,5-8,10,12-13,15H2,1-4H3,(H,28,36)/t17-,18?,20+,22-/m1/s1. The number of nitrogens with one attached hydrogen (secondary N) is 1. The van der Waals surface area contributed by atoms with Crippen LogP contribution in [0.1, 0.15) is 76.4 Å². The quantitative estimate of drug-likeness (QED) is 0.543. The molecule has 3 amide bonds. The summed E-state index contributed by atoms with van der Waals surface area (Å²) < 4.78 is 3.48. The van der Waals surface area contributed by atoms with Gasteiger partial charge in [0.15, 0.2) is 0 Å². The Labute approximate surface area is 222 Å². The van der Waals surface area contributed by atoms with Crippen molar-refractivity contribution in [3.63, 3.8) is 0 Å². The molecule has 2 N–H and O–H groups in total. The van der Waals surface area contributed by atoms with E-state index in [0.717, 1.165) is 30.8 Å². The van der Waals surface area contributed by atoms with Crippen molar-refractivity contribution in [3.8, 4) is 0 Å². The largest absolute Gasteiger partial charge is 0.391 e. The molecule has 0 radical (unpaired) electrons. The predicted octanol–water partition coefficient (Wildman–Crippen LogP) is 0.745. The lowest BCUT2D eigenvalue weighted by Gasteiger charge is -2.36. The van der Waals surface area contributed by atoms with Gasteiger partial charge in [-0.2, -0.15) is 0 Å². The number of hydrogen-bond donors (Lipinski definition) is 2. The van der Waals surface area contributed by atoms with Crippen molar-refractivity contribution in [1.82, 2.24) is 39.7 Å². The first kappa shape index (κ1) is 26.3. The average molecular weight is 527 g/mol. The van der Waals surface area contributed by atoms with Crippen LogP contribution in [0.25, 0.3) is 0 Å². The van der Waals surface area contributed by atoms with E-state index in [9.17, 15) is 19.5 Å². The number of rotatable bonds is 7. The summed E-state index contributed by atoms with van der Waals surface area (Å²) in [6, 6.07) is -2.24. The number of likely N-dealkylation sites (tertiary alicyclic amines) is 2. The molecule has 0 bridgehead atoms. The number of β-amino-alcohol motifs (C(OH)–C–C–N with tert-alkyl or cyclic N) is 1. The van der Waals surface area contributed by atoms with Crippen LogP contribution in [0.4, 0.5) is 0 Å². The summed E-state index contributed by atoms with van der Waals surface area (Å²) in [7, 11) is 1.88. The molecule has 0 aromatic carbocycles. The second kappa shape index (κ2) is 10.1. The van der Waals surface area contributed by atoms with Gasteiger partial charge in [0.05, 0.1) is 18.3 Å². The molecule has 206 valence electrons. The Morgan fingerprint density at radius 1 is 1.24 bits per heavy atom. The van der Waals surface area contributed by atoms with Gasteiger partial charge in [0.1, 0.15) is 23.9 Å². The van der Waals surface area contributed by atoms with Crippen LogP contribution >= 0.6 is 0 Å². The van der Waals surface area contributed by atoms with Crippen molar-refractivity contribution in [2.45, 2.75) is 89.6 Å². The molecule has 1 unspecified atom stereocenters. The highest BCUT2D eigenvalue weighted by molar-refractivity contribution is 5.93. The molecule has 5 rings (SSSR count). The smallest absolute Gasteiger partial charge is 0.248 e. The van der Waals surface area contributed by atoms with Crippen LogP contribution in [0, 0.1) is 5.41 Å². The fourth-order valence-electron chi connectivity index (χ4n) is 5.54. The van der Waals surface area contributed by atoms with Crippen LogP contribution in [-0.4, -0.2) is 88.4 Å². The molecule has 12 heteroatoms. The lowest BCUT2D eigenvalue weighted by molar-refractivity contribution is -0.145. The van der Waals surface area contributed by atoms with Crippen molar-refractivity contribution < 1.29 is 19.5 Å². The first-order chi connectivity index (χ1) is 18.0. The molecule has 3 fully saturated rings. The number of carbonyl (C=O) groups is 3. The van der Waals surface area contributed by atoms with E-state index in [1.807, 2.05) is 44.8 Å². The third kappa shape index (κ3) is 5.31. The lowest BCUT2D eigenvalue weighted by atomic mass is 9.85.